The number of aromatic amines is 1. The molecule has 2 heteroatoms. The molecule has 1 heterocycles. The fourth-order valence-electron chi connectivity index (χ4n) is 1.84. The van der Waals surface area contributed by atoms with Gasteiger partial charge in [0.15, 0.2) is 0 Å². The van der Waals surface area contributed by atoms with E-state index in [0.717, 1.165) is 17.8 Å². The Balaban J connectivity index is 2.16. The van der Waals surface area contributed by atoms with Crippen molar-refractivity contribution in [1.82, 2.24) is 9.97 Å². The van der Waals surface area contributed by atoms with E-state index in [9.17, 15) is 0 Å². The molecule has 0 fully saturated rings. The van der Waals surface area contributed by atoms with Crippen LogP contribution in [0.25, 0.3) is 11.0 Å². The van der Waals surface area contributed by atoms with Crippen LogP contribution in [0.1, 0.15) is 37.6 Å². The van der Waals surface area contributed by atoms with Gasteiger partial charge in [-0.05, 0) is 31.0 Å². The number of fused-ring (bicyclic) bond motifs is 1. The average Bonchev–Trinajstić information content (AvgIpc) is 2.60. The molecule has 0 aliphatic rings. The molecule has 0 aliphatic heterocycles. The molecule has 0 aliphatic carbocycles. The summed E-state index contributed by atoms with van der Waals surface area (Å²) >= 11 is 0. The number of imidazole rings is 1. The molecule has 0 atom stereocenters. The first-order valence-corrected chi connectivity index (χ1v) is 5.75. The lowest BCUT2D eigenvalue weighted by Crippen LogP contribution is -1.87. The number of nitrogens with zero attached hydrogens (tertiary/aromatic N) is 1. The maximum absolute atomic E-state index is 4.57. The molecule has 0 radical (unpaired) electrons. The fraction of sp³-hybridized carbons (Fsp3) is 0.462. The molecule has 15 heavy (non-hydrogen) atoms. The number of H-pyrrole nitrogens is 1. The number of hydrogen-bond donors (Lipinski definition) is 1. The van der Waals surface area contributed by atoms with Crippen LogP contribution < -0.4 is 0 Å². The first kappa shape index (κ1) is 10.2. The lowest BCUT2D eigenvalue weighted by atomic mass is 10.2. The summed E-state index contributed by atoms with van der Waals surface area (Å²) in [6, 6.07) is 6.36. The van der Waals surface area contributed by atoms with Crippen LogP contribution in [-0.2, 0) is 6.42 Å². The van der Waals surface area contributed by atoms with E-state index in [4.69, 9.17) is 0 Å². The summed E-state index contributed by atoms with van der Waals surface area (Å²) in [5.74, 6) is 1.13. The van der Waals surface area contributed by atoms with Gasteiger partial charge in [0.1, 0.15) is 5.82 Å². The second-order valence-corrected chi connectivity index (χ2v) is 4.16. The largest absolute Gasteiger partial charge is 0.342 e. The molecule has 0 saturated heterocycles. The molecule has 0 unspecified atom stereocenters. The topological polar surface area (TPSA) is 28.7 Å². The van der Waals surface area contributed by atoms with E-state index in [1.807, 2.05) is 0 Å². The zero-order valence-corrected chi connectivity index (χ0v) is 9.51. The summed E-state index contributed by atoms with van der Waals surface area (Å²) in [5, 5.41) is 0. The number of benzene rings is 1. The Bertz CT molecular complexity index is 443. The van der Waals surface area contributed by atoms with Crippen molar-refractivity contribution in [1.29, 1.82) is 0 Å². The van der Waals surface area contributed by atoms with Crippen molar-refractivity contribution in [3.63, 3.8) is 0 Å². The van der Waals surface area contributed by atoms with E-state index in [1.165, 1.54) is 30.3 Å². The third kappa shape index (κ3) is 2.38. The molecule has 2 nitrogen and oxygen atoms in total. The van der Waals surface area contributed by atoms with Crippen molar-refractivity contribution in [3.8, 4) is 0 Å². The Morgan fingerprint density at radius 1 is 1.27 bits per heavy atom. The van der Waals surface area contributed by atoms with Gasteiger partial charge in [0, 0.05) is 6.42 Å². The van der Waals surface area contributed by atoms with E-state index >= 15 is 0 Å². The molecule has 2 aromatic rings. The molecule has 80 valence electrons. The zero-order valence-electron chi connectivity index (χ0n) is 9.51. The summed E-state index contributed by atoms with van der Waals surface area (Å²) < 4.78 is 0. The monoisotopic (exact) mass is 202 g/mol. The highest BCUT2D eigenvalue weighted by Gasteiger charge is 2.01. The summed E-state index contributed by atoms with van der Waals surface area (Å²) in [5.41, 5.74) is 3.54. The van der Waals surface area contributed by atoms with Crippen LogP contribution in [0.3, 0.4) is 0 Å². The summed E-state index contributed by atoms with van der Waals surface area (Å²) in [6.07, 6.45) is 4.85. The third-order valence-corrected chi connectivity index (χ3v) is 2.70. The van der Waals surface area contributed by atoms with Crippen molar-refractivity contribution in [3.05, 3.63) is 29.6 Å². The predicted molar refractivity (Wildman–Crippen MR) is 64.1 cm³/mol. The number of nitrogens with one attached hydrogen (secondary N) is 1. The van der Waals surface area contributed by atoms with Crippen molar-refractivity contribution < 1.29 is 0 Å². The van der Waals surface area contributed by atoms with Gasteiger partial charge in [0.2, 0.25) is 0 Å². The van der Waals surface area contributed by atoms with Crippen LogP contribution in [0.4, 0.5) is 0 Å². The zero-order chi connectivity index (χ0) is 10.7. The summed E-state index contributed by atoms with van der Waals surface area (Å²) in [4.78, 5) is 7.95. The first-order chi connectivity index (χ1) is 7.29. The highest BCUT2D eigenvalue weighted by Crippen LogP contribution is 2.14. The van der Waals surface area contributed by atoms with Crippen LogP contribution in [-0.4, -0.2) is 9.97 Å². The Morgan fingerprint density at radius 2 is 2.13 bits per heavy atom. The molecule has 0 saturated carbocycles. The maximum atomic E-state index is 4.57. The van der Waals surface area contributed by atoms with Crippen LogP contribution in [0, 0.1) is 6.92 Å². The Morgan fingerprint density at radius 3 is 2.93 bits per heavy atom. The molecule has 1 aromatic heterocycles. The molecular weight excluding hydrogens is 184 g/mol. The normalized spacial score (nSPS) is 11.1. The molecule has 2 rings (SSSR count). The van der Waals surface area contributed by atoms with Gasteiger partial charge in [-0.3, -0.25) is 0 Å². The minimum atomic E-state index is 1.07. The second-order valence-electron chi connectivity index (χ2n) is 4.16. The highest BCUT2D eigenvalue weighted by atomic mass is 14.9. The minimum Gasteiger partial charge on any atom is -0.342 e. The third-order valence-electron chi connectivity index (χ3n) is 2.70. The number of rotatable bonds is 4. The molecular formula is C13H18N2. The lowest BCUT2D eigenvalue weighted by molar-refractivity contribution is 0.700. The van der Waals surface area contributed by atoms with Crippen LogP contribution in [0.5, 0.6) is 0 Å². The number of aryl methyl sites for hydroxylation is 2. The number of aromatic nitrogens is 2. The molecule has 0 bridgehead atoms. The van der Waals surface area contributed by atoms with Gasteiger partial charge in [-0.25, -0.2) is 4.98 Å². The van der Waals surface area contributed by atoms with Gasteiger partial charge in [-0.2, -0.15) is 0 Å². The van der Waals surface area contributed by atoms with E-state index in [1.54, 1.807) is 0 Å². The SMILES string of the molecule is CCCCCc1nc2ccc(C)cc2[nH]1. The lowest BCUT2D eigenvalue weighted by Gasteiger charge is -1.93. The Kier molecular flexibility index (Phi) is 3.05. The first-order valence-electron chi connectivity index (χ1n) is 5.75. The number of hydrogen-bond acceptors (Lipinski definition) is 1. The molecule has 0 amide bonds. The van der Waals surface area contributed by atoms with E-state index < -0.39 is 0 Å². The summed E-state index contributed by atoms with van der Waals surface area (Å²) in [7, 11) is 0. The van der Waals surface area contributed by atoms with Gasteiger partial charge in [-0.1, -0.05) is 25.8 Å². The van der Waals surface area contributed by atoms with Gasteiger partial charge in [0.25, 0.3) is 0 Å². The van der Waals surface area contributed by atoms with E-state index in [2.05, 4.69) is 42.0 Å². The van der Waals surface area contributed by atoms with Gasteiger partial charge < -0.3 is 4.98 Å². The Hall–Kier alpha value is -1.31. The average molecular weight is 202 g/mol. The van der Waals surface area contributed by atoms with E-state index in [-0.39, 0.29) is 0 Å². The van der Waals surface area contributed by atoms with Crippen LogP contribution in [0.15, 0.2) is 18.2 Å². The smallest absolute Gasteiger partial charge is 0.107 e. The van der Waals surface area contributed by atoms with Crippen molar-refractivity contribution in [2.75, 3.05) is 0 Å². The molecule has 1 aromatic carbocycles. The van der Waals surface area contributed by atoms with Crippen molar-refractivity contribution in [2.24, 2.45) is 0 Å². The van der Waals surface area contributed by atoms with Crippen molar-refractivity contribution in [2.45, 2.75) is 39.5 Å². The molecule has 0 spiro atoms. The standard InChI is InChI=1S/C13H18N2/c1-3-4-5-6-13-14-11-8-7-10(2)9-12(11)15-13/h7-9H,3-6H2,1-2H3,(H,14,15). The van der Waals surface area contributed by atoms with Gasteiger partial charge in [-0.15, -0.1) is 0 Å². The van der Waals surface area contributed by atoms with Gasteiger partial charge in [0.05, 0.1) is 11.0 Å². The van der Waals surface area contributed by atoms with Crippen molar-refractivity contribution >= 4 is 11.0 Å². The molecule has 1 N–H and O–H groups in total. The van der Waals surface area contributed by atoms with Crippen LogP contribution >= 0.6 is 0 Å². The van der Waals surface area contributed by atoms with E-state index in [0.29, 0.717) is 0 Å². The maximum Gasteiger partial charge on any atom is 0.107 e. The second kappa shape index (κ2) is 4.47. The Labute approximate surface area is 90.7 Å². The minimum absolute atomic E-state index is 1.07. The highest BCUT2D eigenvalue weighted by molar-refractivity contribution is 5.75. The van der Waals surface area contributed by atoms with Gasteiger partial charge >= 0.3 is 0 Å². The quantitative estimate of drug-likeness (QED) is 0.754. The summed E-state index contributed by atoms with van der Waals surface area (Å²) in [6.45, 7) is 4.33. The predicted octanol–water partition coefficient (Wildman–Crippen LogP) is 3.60. The number of unbranched alkanes of at least 4 members (excludes halogenated alkanes) is 2. The van der Waals surface area contributed by atoms with Crippen LogP contribution in [0.2, 0.25) is 0 Å². The fourth-order valence-corrected chi connectivity index (χ4v) is 1.84.